The van der Waals surface area contributed by atoms with Gasteiger partial charge in [0.1, 0.15) is 0 Å². The van der Waals surface area contributed by atoms with Gasteiger partial charge in [0, 0.05) is 30.5 Å². The molecule has 6 heteroatoms. The quantitative estimate of drug-likeness (QED) is 0.927. The number of likely N-dealkylation sites (tertiary alicyclic amines) is 1. The van der Waals surface area contributed by atoms with Crippen LogP contribution in [0.5, 0.6) is 0 Å². The SMILES string of the molecule is O=C(N[C@@H]1CCc2c(Cl)cccc21)N1CCC[C@@H]1Cn1ccnc1. The molecule has 24 heavy (non-hydrogen) atoms. The van der Waals surface area contributed by atoms with E-state index >= 15 is 0 Å². The number of aromatic nitrogens is 2. The second-order valence-electron chi connectivity index (χ2n) is 6.60. The van der Waals surface area contributed by atoms with E-state index in [9.17, 15) is 4.79 Å². The molecule has 2 aliphatic rings. The van der Waals surface area contributed by atoms with E-state index in [0.717, 1.165) is 43.8 Å². The van der Waals surface area contributed by atoms with Crippen molar-refractivity contribution in [2.45, 2.75) is 44.3 Å². The van der Waals surface area contributed by atoms with Crippen molar-refractivity contribution in [3.8, 4) is 0 Å². The normalized spacial score (nSPS) is 22.6. The summed E-state index contributed by atoms with van der Waals surface area (Å²) in [4.78, 5) is 18.8. The topological polar surface area (TPSA) is 50.2 Å². The number of carbonyl (C=O) groups is 1. The lowest BCUT2D eigenvalue weighted by atomic mass is 10.1. The number of halogens is 1. The highest BCUT2D eigenvalue weighted by Crippen LogP contribution is 2.35. The van der Waals surface area contributed by atoms with E-state index in [1.165, 1.54) is 11.1 Å². The molecule has 126 valence electrons. The number of rotatable bonds is 3. The van der Waals surface area contributed by atoms with Crippen molar-refractivity contribution in [1.82, 2.24) is 19.8 Å². The van der Waals surface area contributed by atoms with E-state index in [2.05, 4.69) is 16.4 Å². The average molecular weight is 345 g/mol. The summed E-state index contributed by atoms with van der Waals surface area (Å²) in [5, 5.41) is 4.03. The van der Waals surface area contributed by atoms with E-state index in [-0.39, 0.29) is 18.1 Å². The fourth-order valence-corrected chi connectivity index (χ4v) is 4.20. The second-order valence-corrected chi connectivity index (χ2v) is 7.00. The minimum Gasteiger partial charge on any atom is -0.335 e. The van der Waals surface area contributed by atoms with Crippen LogP contribution >= 0.6 is 11.6 Å². The molecule has 2 aromatic rings. The third kappa shape index (κ3) is 2.88. The third-order valence-corrected chi connectivity index (χ3v) is 5.48. The lowest BCUT2D eigenvalue weighted by Gasteiger charge is -2.27. The predicted molar refractivity (Wildman–Crippen MR) is 93.0 cm³/mol. The maximum Gasteiger partial charge on any atom is 0.318 e. The number of urea groups is 1. The number of hydrogen-bond acceptors (Lipinski definition) is 2. The van der Waals surface area contributed by atoms with E-state index in [1.54, 1.807) is 6.20 Å². The molecule has 1 saturated heterocycles. The number of nitrogens with zero attached hydrogens (tertiary/aromatic N) is 3. The first-order valence-electron chi connectivity index (χ1n) is 8.52. The van der Waals surface area contributed by atoms with Crippen LogP contribution in [0.4, 0.5) is 4.79 Å². The van der Waals surface area contributed by atoms with Crippen LogP contribution < -0.4 is 5.32 Å². The fourth-order valence-electron chi connectivity index (χ4n) is 3.92. The Morgan fingerprint density at radius 1 is 1.38 bits per heavy atom. The minimum atomic E-state index is 0.0374. The minimum absolute atomic E-state index is 0.0374. The van der Waals surface area contributed by atoms with E-state index < -0.39 is 0 Å². The molecule has 1 aromatic heterocycles. The molecule has 1 N–H and O–H groups in total. The van der Waals surface area contributed by atoms with Crippen LogP contribution in [0.1, 0.15) is 36.4 Å². The number of carbonyl (C=O) groups excluding carboxylic acids is 1. The average Bonchev–Trinajstić information content (AvgIpc) is 3.30. The first-order valence-corrected chi connectivity index (χ1v) is 8.90. The molecule has 0 bridgehead atoms. The molecule has 0 spiro atoms. The van der Waals surface area contributed by atoms with Crippen LogP contribution in [-0.2, 0) is 13.0 Å². The van der Waals surface area contributed by atoms with E-state index in [1.807, 2.05) is 34.1 Å². The largest absolute Gasteiger partial charge is 0.335 e. The van der Waals surface area contributed by atoms with Crippen LogP contribution in [0.3, 0.4) is 0 Å². The Balaban J connectivity index is 1.44. The molecule has 1 fully saturated rings. The summed E-state index contributed by atoms with van der Waals surface area (Å²) >= 11 is 6.27. The smallest absolute Gasteiger partial charge is 0.318 e. The molecule has 0 unspecified atom stereocenters. The van der Waals surface area contributed by atoms with Crippen molar-refractivity contribution in [2.75, 3.05) is 6.54 Å². The number of nitrogens with one attached hydrogen (secondary N) is 1. The van der Waals surface area contributed by atoms with Gasteiger partial charge < -0.3 is 14.8 Å². The number of amides is 2. The standard InChI is InChI=1S/C18H21ClN4O/c19-16-5-1-4-15-14(16)6-7-17(15)21-18(24)23-9-2-3-13(23)11-22-10-8-20-12-22/h1,4-5,8,10,12-13,17H,2-3,6-7,9,11H2,(H,21,24)/t13-,17-/m1/s1. The summed E-state index contributed by atoms with van der Waals surface area (Å²) in [6.07, 6.45) is 9.48. The van der Waals surface area contributed by atoms with Crippen LogP contribution in [0.15, 0.2) is 36.9 Å². The summed E-state index contributed by atoms with van der Waals surface area (Å²) in [6, 6.07) is 6.30. The predicted octanol–water partition coefficient (Wildman–Crippen LogP) is 3.40. The maximum atomic E-state index is 12.8. The summed E-state index contributed by atoms with van der Waals surface area (Å²) in [6.45, 7) is 1.63. The Morgan fingerprint density at radius 2 is 2.29 bits per heavy atom. The zero-order valence-electron chi connectivity index (χ0n) is 13.5. The van der Waals surface area contributed by atoms with Crippen molar-refractivity contribution >= 4 is 17.6 Å². The highest BCUT2D eigenvalue weighted by molar-refractivity contribution is 6.31. The molecule has 5 nitrogen and oxygen atoms in total. The Bertz CT molecular complexity index is 731. The molecular weight excluding hydrogens is 324 g/mol. The molecule has 2 amide bonds. The van der Waals surface area contributed by atoms with Crippen LogP contribution in [0.25, 0.3) is 0 Å². The molecule has 1 aromatic carbocycles. The monoisotopic (exact) mass is 344 g/mol. The van der Waals surface area contributed by atoms with Crippen molar-refractivity contribution in [1.29, 1.82) is 0 Å². The van der Waals surface area contributed by atoms with Gasteiger partial charge in [-0.3, -0.25) is 0 Å². The van der Waals surface area contributed by atoms with Gasteiger partial charge >= 0.3 is 6.03 Å². The molecular formula is C18H21ClN4O. The summed E-state index contributed by atoms with van der Waals surface area (Å²) in [5.41, 5.74) is 2.35. The first-order chi connectivity index (χ1) is 11.7. The van der Waals surface area contributed by atoms with Gasteiger partial charge in [0.15, 0.2) is 0 Å². The van der Waals surface area contributed by atoms with Crippen molar-refractivity contribution in [3.63, 3.8) is 0 Å². The fraction of sp³-hybridized carbons (Fsp3) is 0.444. The Labute approximate surface area is 146 Å². The lowest BCUT2D eigenvalue weighted by Crippen LogP contribution is -2.45. The number of hydrogen-bond donors (Lipinski definition) is 1. The van der Waals surface area contributed by atoms with Crippen molar-refractivity contribution in [2.24, 2.45) is 0 Å². The van der Waals surface area contributed by atoms with Gasteiger partial charge in [0.2, 0.25) is 0 Å². The van der Waals surface area contributed by atoms with E-state index in [4.69, 9.17) is 11.6 Å². The van der Waals surface area contributed by atoms with E-state index in [0.29, 0.717) is 0 Å². The van der Waals surface area contributed by atoms with Gasteiger partial charge in [-0.05, 0) is 42.9 Å². The summed E-state index contributed by atoms with van der Waals surface area (Å²) in [5.74, 6) is 0. The van der Waals surface area contributed by atoms with Crippen molar-refractivity contribution in [3.05, 3.63) is 53.1 Å². The highest BCUT2D eigenvalue weighted by atomic mass is 35.5. The van der Waals surface area contributed by atoms with Crippen LogP contribution in [0, 0.1) is 0 Å². The molecule has 1 aliphatic carbocycles. The molecule has 0 saturated carbocycles. The zero-order valence-corrected chi connectivity index (χ0v) is 14.2. The molecule has 1 aliphatic heterocycles. The van der Waals surface area contributed by atoms with Gasteiger partial charge in [-0.25, -0.2) is 9.78 Å². The van der Waals surface area contributed by atoms with Crippen LogP contribution in [0.2, 0.25) is 5.02 Å². The summed E-state index contributed by atoms with van der Waals surface area (Å²) in [7, 11) is 0. The second kappa shape index (κ2) is 6.48. The van der Waals surface area contributed by atoms with Gasteiger partial charge in [-0.15, -0.1) is 0 Å². The van der Waals surface area contributed by atoms with Gasteiger partial charge in [-0.2, -0.15) is 0 Å². The Hall–Kier alpha value is -2.01. The molecule has 0 radical (unpaired) electrons. The maximum absolute atomic E-state index is 12.8. The molecule has 2 atom stereocenters. The van der Waals surface area contributed by atoms with Gasteiger partial charge in [-0.1, -0.05) is 23.7 Å². The van der Waals surface area contributed by atoms with Crippen LogP contribution in [-0.4, -0.2) is 33.1 Å². The Morgan fingerprint density at radius 3 is 3.12 bits per heavy atom. The third-order valence-electron chi connectivity index (χ3n) is 5.13. The highest BCUT2D eigenvalue weighted by Gasteiger charge is 2.32. The number of fused-ring (bicyclic) bond motifs is 1. The van der Waals surface area contributed by atoms with Gasteiger partial charge in [0.05, 0.1) is 18.4 Å². The van der Waals surface area contributed by atoms with Crippen molar-refractivity contribution < 1.29 is 4.79 Å². The Kier molecular flexibility index (Phi) is 4.19. The number of benzene rings is 1. The van der Waals surface area contributed by atoms with Gasteiger partial charge in [0.25, 0.3) is 0 Å². The zero-order chi connectivity index (χ0) is 16.5. The molecule has 2 heterocycles. The summed E-state index contributed by atoms with van der Waals surface area (Å²) < 4.78 is 2.04. The lowest BCUT2D eigenvalue weighted by molar-refractivity contribution is 0.183. The molecule has 4 rings (SSSR count). The number of imidazole rings is 1. The first kappa shape index (κ1) is 15.5.